The number of carbonyl (C=O) groups is 1. The van der Waals surface area contributed by atoms with E-state index in [4.69, 9.17) is 0 Å². The van der Waals surface area contributed by atoms with Crippen LogP contribution in [0.4, 0.5) is 5.69 Å². The van der Waals surface area contributed by atoms with Crippen molar-refractivity contribution in [2.24, 2.45) is 0 Å². The van der Waals surface area contributed by atoms with Crippen molar-refractivity contribution in [3.63, 3.8) is 0 Å². The third kappa shape index (κ3) is 5.83. The molecule has 0 spiro atoms. The van der Waals surface area contributed by atoms with E-state index in [1.165, 1.54) is 4.31 Å². The third-order valence-electron chi connectivity index (χ3n) is 5.96. The van der Waals surface area contributed by atoms with Crippen molar-refractivity contribution in [1.82, 2.24) is 5.32 Å². The minimum absolute atomic E-state index is 0.134. The lowest BCUT2D eigenvalue weighted by atomic mass is 9.98. The Balaban J connectivity index is 1.70. The molecule has 0 aliphatic heterocycles. The molecule has 1 atom stereocenters. The van der Waals surface area contributed by atoms with Crippen molar-refractivity contribution >= 4 is 21.6 Å². The Morgan fingerprint density at radius 2 is 1.25 bits per heavy atom. The number of carbonyl (C=O) groups excluding carboxylic acids is 1. The van der Waals surface area contributed by atoms with Gasteiger partial charge < -0.3 is 5.32 Å². The molecule has 4 aromatic rings. The van der Waals surface area contributed by atoms with E-state index in [-0.39, 0.29) is 11.4 Å². The standard InChI is InChI=1S/C30H30N2O3S/c1-22-14-16-26(17-15-22)30(25-10-6-4-7-11-25)31-29(33)21-32(27-19-23(2)18-24(3)20-27)36(34,35)28-12-8-5-9-13-28/h4-20,30H,21H2,1-3H3,(H,31,33)/t30-/m0/s1. The Morgan fingerprint density at radius 3 is 1.83 bits per heavy atom. The van der Waals surface area contributed by atoms with Crippen LogP contribution in [0.15, 0.2) is 108 Å². The minimum Gasteiger partial charge on any atom is -0.344 e. The molecule has 0 aliphatic rings. The molecule has 184 valence electrons. The van der Waals surface area contributed by atoms with Gasteiger partial charge in [-0.05, 0) is 67.3 Å². The van der Waals surface area contributed by atoms with E-state index in [2.05, 4.69) is 5.32 Å². The second kappa shape index (κ2) is 10.8. The average Bonchev–Trinajstić information content (AvgIpc) is 2.87. The van der Waals surface area contributed by atoms with E-state index in [1.54, 1.807) is 42.5 Å². The normalized spacial score (nSPS) is 12.1. The van der Waals surface area contributed by atoms with Crippen LogP contribution in [-0.4, -0.2) is 20.9 Å². The lowest BCUT2D eigenvalue weighted by Crippen LogP contribution is -2.42. The summed E-state index contributed by atoms with van der Waals surface area (Å²) in [5, 5.41) is 3.08. The Bertz CT molecular complexity index is 1410. The fourth-order valence-corrected chi connectivity index (χ4v) is 5.66. The highest BCUT2D eigenvalue weighted by Crippen LogP contribution is 2.27. The van der Waals surface area contributed by atoms with Crippen molar-refractivity contribution in [3.8, 4) is 0 Å². The summed E-state index contributed by atoms with van der Waals surface area (Å²) >= 11 is 0. The van der Waals surface area contributed by atoms with Crippen LogP contribution in [0, 0.1) is 20.8 Å². The summed E-state index contributed by atoms with van der Waals surface area (Å²) in [6, 6.07) is 31.0. The van der Waals surface area contributed by atoms with Crippen LogP contribution in [0.1, 0.15) is 33.9 Å². The first kappa shape index (κ1) is 25.2. The predicted octanol–water partition coefficient (Wildman–Crippen LogP) is 5.71. The molecule has 4 rings (SSSR count). The summed E-state index contributed by atoms with van der Waals surface area (Å²) in [6.07, 6.45) is 0. The van der Waals surface area contributed by atoms with Gasteiger partial charge in [-0.25, -0.2) is 8.42 Å². The lowest BCUT2D eigenvalue weighted by Gasteiger charge is -2.27. The summed E-state index contributed by atoms with van der Waals surface area (Å²) in [6.45, 7) is 5.48. The average molecular weight is 499 g/mol. The highest BCUT2D eigenvalue weighted by Gasteiger charge is 2.28. The zero-order chi connectivity index (χ0) is 25.7. The number of hydrogen-bond donors (Lipinski definition) is 1. The Morgan fingerprint density at radius 1 is 0.722 bits per heavy atom. The maximum absolute atomic E-state index is 13.7. The van der Waals surface area contributed by atoms with Crippen LogP contribution >= 0.6 is 0 Å². The van der Waals surface area contributed by atoms with Gasteiger partial charge in [0.2, 0.25) is 5.91 Å². The quantitative estimate of drug-likeness (QED) is 0.338. The molecule has 0 heterocycles. The van der Waals surface area contributed by atoms with E-state index in [0.29, 0.717) is 5.69 Å². The number of aryl methyl sites for hydroxylation is 3. The van der Waals surface area contributed by atoms with E-state index >= 15 is 0 Å². The number of hydrogen-bond acceptors (Lipinski definition) is 3. The van der Waals surface area contributed by atoms with Gasteiger partial charge in [0, 0.05) is 0 Å². The smallest absolute Gasteiger partial charge is 0.264 e. The van der Waals surface area contributed by atoms with Gasteiger partial charge in [-0.1, -0.05) is 84.4 Å². The van der Waals surface area contributed by atoms with E-state index < -0.39 is 22.0 Å². The summed E-state index contributed by atoms with van der Waals surface area (Å²) in [4.78, 5) is 13.6. The second-order valence-corrected chi connectivity index (χ2v) is 10.9. The molecule has 0 radical (unpaired) electrons. The fourth-order valence-electron chi connectivity index (χ4n) is 4.23. The van der Waals surface area contributed by atoms with Crippen LogP contribution in [0.3, 0.4) is 0 Å². The van der Waals surface area contributed by atoms with Gasteiger partial charge in [0.1, 0.15) is 6.54 Å². The van der Waals surface area contributed by atoms with Crippen molar-refractivity contribution in [2.45, 2.75) is 31.7 Å². The highest BCUT2D eigenvalue weighted by atomic mass is 32.2. The summed E-state index contributed by atoms with van der Waals surface area (Å²) in [5.41, 5.74) is 5.24. The van der Waals surface area contributed by atoms with Crippen LogP contribution in [0.2, 0.25) is 0 Å². The van der Waals surface area contributed by atoms with Crippen LogP contribution in [-0.2, 0) is 14.8 Å². The fraction of sp³-hybridized carbons (Fsp3) is 0.167. The first-order valence-corrected chi connectivity index (χ1v) is 13.2. The molecule has 0 fully saturated rings. The first-order valence-electron chi connectivity index (χ1n) is 11.8. The molecular formula is C30H30N2O3S. The number of anilines is 1. The number of nitrogens with one attached hydrogen (secondary N) is 1. The Kier molecular flexibility index (Phi) is 7.55. The van der Waals surface area contributed by atoms with Gasteiger partial charge in [0.05, 0.1) is 16.6 Å². The van der Waals surface area contributed by atoms with Crippen molar-refractivity contribution in [3.05, 3.63) is 131 Å². The molecular weight excluding hydrogens is 468 g/mol. The second-order valence-electron chi connectivity index (χ2n) is 8.99. The topological polar surface area (TPSA) is 66.5 Å². The minimum atomic E-state index is -3.98. The van der Waals surface area contributed by atoms with Crippen molar-refractivity contribution < 1.29 is 13.2 Å². The van der Waals surface area contributed by atoms with Gasteiger partial charge in [-0.3, -0.25) is 9.10 Å². The molecule has 4 aromatic carbocycles. The summed E-state index contributed by atoms with van der Waals surface area (Å²) in [5.74, 6) is -0.400. The number of nitrogens with zero attached hydrogens (tertiary/aromatic N) is 1. The van der Waals surface area contributed by atoms with E-state index in [1.807, 2.05) is 81.4 Å². The van der Waals surface area contributed by atoms with Gasteiger partial charge in [0.15, 0.2) is 0 Å². The van der Waals surface area contributed by atoms with Crippen LogP contribution in [0.25, 0.3) is 0 Å². The maximum atomic E-state index is 13.7. The molecule has 0 saturated heterocycles. The Hall–Kier alpha value is -3.90. The first-order chi connectivity index (χ1) is 17.2. The number of amides is 1. The lowest BCUT2D eigenvalue weighted by molar-refractivity contribution is -0.120. The monoisotopic (exact) mass is 498 g/mol. The number of benzene rings is 4. The third-order valence-corrected chi connectivity index (χ3v) is 7.75. The maximum Gasteiger partial charge on any atom is 0.264 e. The van der Waals surface area contributed by atoms with Crippen molar-refractivity contribution in [2.75, 3.05) is 10.8 Å². The Labute approximate surface area is 213 Å². The molecule has 0 bridgehead atoms. The summed E-state index contributed by atoms with van der Waals surface area (Å²) < 4.78 is 28.6. The zero-order valence-corrected chi connectivity index (χ0v) is 21.5. The van der Waals surface area contributed by atoms with Crippen molar-refractivity contribution in [1.29, 1.82) is 0 Å². The largest absolute Gasteiger partial charge is 0.344 e. The SMILES string of the molecule is Cc1ccc([C@@H](NC(=O)CN(c2cc(C)cc(C)c2)S(=O)(=O)c2ccccc2)c2ccccc2)cc1. The molecule has 1 N–H and O–H groups in total. The highest BCUT2D eigenvalue weighted by molar-refractivity contribution is 7.92. The van der Waals surface area contributed by atoms with Gasteiger partial charge >= 0.3 is 0 Å². The molecule has 1 amide bonds. The van der Waals surface area contributed by atoms with Crippen LogP contribution in [0.5, 0.6) is 0 Å². The van der Waals surface area contributed by atoms with Gasteiger partial charge in [-0.15, -0.1) is 0 Å². The molecule has 0 unspecified atom stereocenters. The molecule has 0 aromatic heterocycles. The molecule has 0 saturated carbocycles. The number of rotatable bonds is 8. The number of sulfonamides is 1. The van der Waals surface area contributed by atoms with Crippen LogP contribution < -0.4 is 9.62 Å². The van der Waals surface area contributed by atoms with Gasteiger partial charge in [-0.2, -0.15) is 0 Å². The molecule has 36 heavy (non-hydrogen) atoms. The molecule has 6 heteroatoms. The summed E-state index contributed by atoms with van der Waals surface area (Å²) in [7, 11) is -3.98. The molecule has 0 aliphatic carbocycles. The van der Waals surface area contributed by atoms with E-state index in [0.717, 1.165) is 27.8 Å². The predicted molar refractivity (Wildman–Crippen MR) is 144 cm³/mol. The van der Waals surface area contributed by atoms with Gasteiger partial charge in [0.25, 0.3) is 10.0 Å². The molecule has 5 nitrogen and oxygen atoms in total. The van der Waals surface area contributed by atoms with E-state index in [9.17, 15) is 13.2 Å². The zero-order valence-electron chi connectivity index (χ0n) is 20.7.